The molecule has 5 heteroatoms. The Hall–Kier alpha value is -1.85. The topological polar surface area (TPSA) is 32.3 Å². The van der Waals surface area contributed by atoms with Crippen LogP contribution in [0.3, 0.4) is 0 Å². The Morgan fingerprint density at radius 2 is 1.87 bits per heavy atom. The second-order valence-electron chi connectivity index (χ2n) is 5.98. The van der Waals surface area contributed by atoms with Crippen molar-refractivity contribution in [2.75, 3.05) is 23.9 Å². The lowest BCUT2D eigenvalue weighted by molar-refractivity contribution is 0.331. The summed E-state index contributed by atoms with van der Waals surface area (Å²) in [6, 6.07) is 8.47. The van der Waals surface area contributed by atoms with E-state index in [0.29, 0.717) is 0 Å². The molecule has 1 fully saturated rings. The first-order chi connectivity index (χ1) is 11.4. The predicted octanol–water partition coefficient (Wildman–Crippen LogP) is 3.58. The highest BCUT2D eigenvalue weighted by Gasteiger charge is 2.18. The summed E-state index contributed by atoms with van der Waals surface area (Å²) >= 11 is 1.85. The Balaban J connectivity index is 1.51. The third kappa shape index (κ3) is 3.41. The van der Waals surface area contributed by atoms with Crippen LogP contribution in [-0.4, -0.2) is 33.8 Å². The summed E-state index contributed by atoms with van der Waals surface area (Å²) in [6.07, 6.45) is 10.5. The first-order valence-electron chi connectivity index (χ1n) is 8.07. The molecule has 4 nitrogen and oxygen atoms in total. The van der Waals surface area contributed by atoms with Crippen molar-refractivity contribution in [1.29, 1.82) is 0 Å². The molecule has 0 saturated carbocycles. The number of thioether (sulfide) groups is 1. The minimum Gasteiger partial charge on any atom is -0.322 e. The summed E-state index contributed by atoms with van der Waals surface area (Å²) < 4.78 is 0. The average molecular weight is 324 g/mol. The number of nitrogens with zero attached hydrogens (tertiary/aromatic N) is 4. The van der Waals surface area contributed by atoms with Crippen LogP contribution in [0.25, 0.3) is 4.91 Å². The van der Waals surface area contributed by atoms with Gasteiger partial charge in [0.2, 0.25) is 0 Å². The number of hydrogen-bond donors (Lipinski definition) is 0. The predicted molar refractivity (Wildman–Crippen MR) is 95.9 cm³/mol. The molecule has 0 N–H and O–H groups in total. The molecule has 0 amide bonds. The van der Waals surface area contributed by atoms with E-state index in [1.54, 1.807) is 0 Å². The van der Waals surface area contributed by atoms with Gasteiger partial charge in [0.05, 0.1) is 5.88 Å². The number of hydrogen-bond acceptors (Lipinski definition) is 5. The standard InChI is InChI=1S/C18H20N4S/c1-2-10-21(9-1)12-15-3-8-20-18(11-15)22-13-17(23-14-22)16-4-6-19-7-5-16/h3-8,11,13H,1-2,9-10,12,14H2. The van der Waals surface area contributed by atoms with Crippen LogP contribution < -0.4 is 4.90 Å². The van der Waals surface area contributed by atoms with Gasteiger partial charge in [-0.3, -0.25) is 9.88 Å². The molecule has 2 aliphatic heterocycles. The molecule has 4 rings (SSSR count). The largest absolute Gasteiger partial charge is 0.322 e. The van der Waals surface area contributed by atoms with Gasteiger partial charge in [0.15, 0.2) is 0 Å². The molecule has 0 unspecified atom stereocenters. The van der Waals surface area contributed by atoms with Gasteiger partial charge in [-0.05, 0) is 61.3 Å². The van der Waals surface area contributed by atoms with Gasteiger partial charge in [-0.1, -0.05) is 0 Å². The molecule has 118 valence electrons. The number of rotatable bonds is 4. The van der Waals surface area contributed by atoms with Crippen molar-refractivity contribution >= 4 is 22.5 Å². The maximum absolute atomic E-state index is 4.56. The Kier molecular flexibility index (Phi) is 4.30. The zero-order valence-electron chi connectivity index (χ0n) is 13.1. The molecular weight excluding hydrogens is 304 g/mol. The van der Waals surface area contributed by atoms with Crippen LogP contribution in [0.15, 0.2) is 49.1 Å². The summed E-state index contributed by atoms with van der Waals surface area (Å²) in [6.45, 7) is 3.49. The van der Waals surface area contributed by atoms with Crippen LogP contribution in [-0.2, 0) is 6.54 Å². The molecule has 2 aliphatic rings. The third-order valence-electron chi connectivity index (χ3n) is 4.31. The van der Waals surface area contributed by atoms with Crippen molar-refractivity contribution in [3.63, 3.8) is 0 Å². The zero-order chi connectivity index (χ0) is 15.5. The van der Waals surface area contributed by atoms with Crippen molar-refractivity contribution in [2.24, 2.45) is 0 Å². The molecule has 0 spiro atoms. The van der Waals surface area contributed by atoms with E-state index in [4.69, 9.17) is 0 Å². The van der Waals surface area contributed by atoms with E-state index in [1.807, 2.05) is 30.4 Å². The monoisotopic (exact) mass is 324 g/mol. The van der Waals surface area contributed by atoms with E-state index in [9.17, 15) is 0 Å². The highest BCUT2D eigenvalue weighted by Crippen LogP contribution is 2.35. The molecule has 0 bridgehead atoms. The zero-order valence-corrected chi connectivity index (χ0v) is 13.9. The SMILES string of the molecule is C1=C(c2ccncc2)SCN1c1cc(CN2CCCC2)ccn1. The maximum atomic E-state index is 4.56. The van der Waals surface area contributed by atoms with Gasteiger partial charge in [0.1, 0.15) is 5.82 Å². The lowest BCUT2D eigenvalue weighted by Gasteiger charge is -2.17. The number of anilines is 1. The molecule has 2 aromatic heterocycles. The summed E-state index contributed by atoms with van der Waals surface area (Å²) in [4.78, 5) is 14.7. The molecule has 1 saturated heterocycles. The van der Waals surface area contributed by atoms with Crippen molar-refractivity contribution in [3.8, 4) is 0 Å². The summed E-state index contributed by atoms with van der Waals surface area (Å²) in [5.41, 5.74) is 2.58. The van der Waals surface area contributed by atoms with Crippen molar-refractivity contribution in [2.45, 2.75) is 19.4 Å². The molecule has 0 aromatic carbocycles. The normalized spacial score (nSPS) is 18.4. The fraction of sp³-hybridized carbons (Fsp3) is 0.333. The van der Waals surface area contributed by atoms with E-state index >= 15 is 0 Å². The van der Waals surface area contributed by atoms with Gasteiger partial charge < -0.3 is 4.90 Å². The molecule has 2 aromatic rings. The lowest BCUT2D eigenvalue weighted by atomic mass is 10.2. The Labute approximate surface area is 141 Å². The smallest absolute Gasteiger partial charge is 0.133 e. The fourth-order valence-corrected chi connectivity index (χ4v) is 4.07. The minimum absolute atomic E-state index is 0.915. The number of aromatic nitrogens is 2. The van der Waals surface area contributed by atoms with E-state index in [-0.39, 0.29) is 0 Å². The quantitative estimate of drug-likeness (QED) is 0.858. The van der Waals surface area contributed by atoms with Crippen molar-refractivity contribution < 1.29 is 0 Å². The van der Waals surface area contributed by atoms with Crippen molar-refractivity contribution in [3.05, 3.63) is 60.2 Å². The first-order valence-corrected chi connectivity index (χ1v) is 9.06. The van der Waals surface area contributed by atoms with E-state index in [0.717, 1.165) is 18.2 Å². The second kappa shape index (κ2) is 6.72. The van der Waals surface area contributed by atoms with Crippen molar-refractivity contribution in [1.82, 2.24) is 14.9 Å². The molecular formula is C18H20N4S. The van der Waals surface area contributed by atoms with E-state index in [2.05, 4.69) is 50.2 Å². The lowest BCUT2D eigenvalue weighted by Crippen LogP contribution is -2.19. The van der Waals surface area contributed by atoms with Gasteiger partial charge >= 0.3 is 0 Å². The minimum atomic E-state index is 0.915. The Morgan fingerprint density at radius 1 is 1.04 bits per heavy atom. The third-order valence-corrected chi connectivity index (χ3v) is 5.37. The van der Waals surface area contributed by atoms with Gasteiger partial charge in [-0.15, -0.1) is 11.8 Å². The first kappa shape index (κ1) is 14.7. The molecule has 0 atom stereocenters. The molecule has 0 radical (unpaired) electrons. The maximum Gasteiger partial charge on any atom is 0.133 e. The molecule has 0 aliphatic carbocycles. The van der Waals surface area contributed by atoms with Gasteiger partial charge in [0, 0.05) is 36.2 Å². The van der Waals surface area contributed by atoms with Crippen LogP contribution >= 0.6 is 11.8 Å². The van der Waals surface area contributed by atoms with E-state index < -0.39 is 0 Å². The molecule has 4 heterocycles. The van der Waals surface area contributed by atoms with Crippen LogP contribution in [0.4, 0.5) is 5.82 Å². The van der Waals surface area contributed by atoms with Gasteiger partial charge in [0.25, 0.3) is 0 Å². The average Bonchev–Trinajstić information content (AvgIpc) is 3.28. The Morgan fingerprint density at radius 3 is 2.70 bits per heavy atom. The van der Waals surface area contributed by atoms with Crippen LogP contribution in [0, 0.1) is 0 Å². The summed E-state index contributed by atoms with van der Waals surface area (Å²) in [5.74, 6) is 1.95. The summed E-state index contributed by atoms with van der Waals surface area (Å²) in [5, 5.41) is 0. The highest BCUT2D eigenvalue weighted by molar-refractivity contribution is 8.08. The highest BCUT2D eigenvalue weighted by atomic mass is 32.2. The number of likely N-dealkylation sites (tertiary alicyclic amines) is 1. The van der Waals surface area contributed by atoms with Crippen LogP contribution in [0.5, 0.6) is 0 Å². The fourth-order valence-electron chi connectivity index (χ4n) is 3.08. The van der Waals surface area contributed by atoms with Crippen LogP contribution in [0.2, 0.25) is 0 Å². The van der Waals surface area contributed by atoms with Gasteiger partial charge in [-0.25, -0.2) is 4.98 Å². The number of pyridine rings is 2. The van der Waals surface area contributed by atoms with E-state index in [1.165, 1.54) is 42.0 Å². The van der Waals surface area contributed by atoms with Crippen LogP contribution in [0.1, 0.15) is 24.0 Å². The summed E-state index contributed by atoms with van der Waals surface area (Å²) in [7, 11) is 0. The second-order valence-corrected chi connectivity index (χ2v) is 6.96. The Bertz CT molecular complexity index is 695. The molecule has 23 heavy (non-hydrogen) atoms. The van der Waals surface area contributed by atoms with Gasteiger partial charge in [-0.2, -0.15) is 0 Å².